The first-order valence-electron chi connectivity index (χ1n) is 15.0. The van der Waals surface area contributed by atoms with E-state index < -0.39 is 62.7 Å². The van der Waals surface area contributed by atoms with Crippen LogP contribution in [0.25, 0.3) is 16.9 Å². The number of aryl methyl sites for hydroxylation is 2. The van der Waals surface area contributed by atoms with Crippen LogP contribution < -0.4 is 0 Å². The normalized spacial score (nSPS) is 28.2. The Labute approximate surface area is 257 Å². The molecule has 0 bridgehead atoms. The van der Waals surface area contributed by atoms with E-state index in [2.05, 4.69) is 0 Å². The van der Waals surface area contributed by atoms with Gasteiger partial charge in [-0.2, -0.15) is 0 Å². The number of phenolic OH excluding ortho intramolecular Hbond substituents is 1. The monoisotopic (exact) mass is 600 g/mol. The zero-order valence-corrected chi connectivity index (χ0v) is 26.3. The number of aliphatic hydroxyl groups excluding tert-OH is 2. The molecule has 8 heteroatoms. The fourth-order valence-electron chi connectivity index (χ4n) is 8.33. The number of allylic oxidation sites excluding steroid dienone is 1. The first kappa shape index (κ1) is 31.4. The van der Waals surface area contributed by atoms with Crippen LogP contribution in [0.2, 0.25) is 0 Å². The lowest BCUT2D eigenvalue weighted by molar-refractivity contribution is -0.178. The predicted molar refractivity (Wildman–Crippen MR) is 165 cm³/mol. The lowest BCUT2D eigenvalue weighted by Gasteiger charge is -2.59. The maximum Gasteiger partial charge on any atom is 0.203 e. The Hall–Kier alpha value is -4.04. The summed E-state index contributed by atoms with van der Waals surface area (Å²) in [6.45, 7) is 11.4. The minimum absolute atomic E-state index is 0.0189. The molecule has 0 radical (unpaired) electrons. The largest absolute Gasteiger partial charge is 0.508 e. The van der Waals surface area contributed by atoms with Crippen LogP contribution in [0.5, 0.6) is 5.75 Å². The van der Waals surface area contributed by atoms with Crippen molar-refractivity contribution in [3.05, 3.63) is 69.5 Å². The van der Waals surface area contributed by atoms with Gasteiger partial charge in [0.25, 0.3) is 0 Å². The molecule has 3 aliphatic carbocycles. The second-order valence-corrected chi connectivity index (χ2v) is 13.8. The molecule has 0 saturated heterocycles. The molecule has 4 N–H and O–H groups in total. The number of aliphatic hydroxyl groups is 3. The van der Waals surface area contributed by atoms with Crippen molar-refractivity contribution < 1.29 is 39.6 Å². The van der Waals surface area contributed by atoms with Gasteiger partial charge in [0.05, 0.1) is 5.56 Å². The number of aromatic hydroxyl groups is 1. The van der Waals surface area contributed by atoms with Crippen molar-refractivity contribution in [2.24, 2.45) is 22.7 Å². The predicted octanol–water partition coefficient (Wildman–Crippen LogP) is 5.69. The van der Waals surface area contributed by atoms with Crippen molar-refractivity contribution >= 4 is 28.9 Å². The third kappa shape index (κ3) is 4.21. The van der Waals surface area contributed by atoms with E-state index >= 15 is 0 Å². The number of hydrogen-bond acceptors (Lipinski definition) is 8. The van der Waals surface area contributed by atoms with Crippen LogP contribution in [-0.4, -0.2) is 49.2 Å². The van der Waals surface area contributed by atoms with E-state index in [-0.39, 0.29) is 48.4 Å². The van der Waals surface area contributed by atoms with E-state index in [1.165, 1.54) is 6.92 Å². The molecule has 0 aliphatic heterocycles. The second-order valence-electron chi connectivity index (χ2n) is 13.8. The minimum Gasteiger partial charge on any atom is -0.508 e. The SMILES string of the molecule is CC(=O)CCc1cc(-c2ccc(C)cc2)c2c(c1O)C(O)=C1C(=O)[C@@]3(O)C(O)=C(C(C)=O)C(=O)C(C(C)C)[C@@]3(C)C[C@@]1(C)C2. The maximum absolute atomic E-state index is 14.6. The molecule has 0 aromatic heterocycles. The van der Waals surface area contributed by atoms with Gasteiger partial charge in [-0.15, -0.1) is 0 Å². The second kappa shape index (κ2) is 10.3. The summed E-state index contributed by atoms with van der Waals surface area (Å²) in [6, 6.07) is 9.58. The molecular formula is C36H40O8. The summed E-state index contributed by atoms with van der Waals surface area (Å²) in [6.07, 6.45) is 0.548. The smallest absolute Gasteiger partial charge is 0.203 e. The topological polar surface area (TPSA) is 149 Å². The summed E-state index contributed by atoms with van der Waals surface area (Å²) in [5.74, 6) is -5.62. The highest BCUT2D eigenvalue weighted by Crippen LogP contribution is 2.65. The zero-order chi connectivity index (χ0) is 32.7. The summed E-state index contributed by atoms with van der Waals surface area (Å²) in [4.78, 5) is 52.8. The van der Waals surface area contributed by atoms with Gasteiger partial charge in [0.15, 0.2) is 17.2 Å². The van der Waals surface area contributed by atoms with Gasteiger partial charge in [-0.25, -0.2) is 0 Å². The first-order valence-corrected chi connectivity index (χ1v) is 15.0. The lowest BCUT2D eigenvalue weighted by Crippen LogP contribution is -2.69. The maximum atomic E-state index is 14.6. The standard InChI is InChI=1S/C36H40O8/c1-17(2)27-30(40)25(20(5)38)32(42)36(44)33(43)28-31(41)26-24(15-34(28,6)16-35(27,36)7)23(21-11-8-18(3)9-12-21)14-22(29(26)39)13-10-19(4)37/h8-9,11-12,14,17,27,39,41-42,44H,10,13,15-16H2,1-7H3/t27?,34-,35-,36+/m1/s1. The Kier molecular flexibility index (Phi) is 7.32. The average Bonchev–Trinajstić information content (AvgIpc) is 2.90. The van der Waals surface area contributed by atoms with Crippen LogP contribution >= 0.6 is 0 Å². The minimum atomic E-state index is -2.67. The number of rotatable bonds is 6. The van der Waals surface area contributed by atoms with E-state index in [9.17, 15) is 39.6 Å². The van der Waals surface area contributed by atoms with Crippen LogP contribution in [0.15, 0.2) is 47.2 Å². The van der Waals surface area contributed by atoms with Crippen molar-refractivity contribution in [1.29, 1.82) is 0 Å². The van der Waals surface area contributed by atoms with Crippen molar-refractivity contribution in [3.63, 3.8) is 0 Å². The van der Waals surface area contributed by atoms with Gasteiger partial charge in [0.1, 0.15) is 28.6 Å². The molecule has 0 spiro atoms. The molecule has 4 atom stereocenters. The lowest BCUT2D eigenvalue weighted by atomic mass is 9.43. The average molecular weight is 601 g/mol. The van der Waals surface area contributed by atoms with Gasteiger partial charge >= 0.3 is 0 Å². The molecule has 0 heterocycles. The van der Waals surface area contributed by atoms with Gasteiger partial charge in [-0.3, -0.25) is 14.4 Å². The first-order chi connectivity index (χ1) is 20.4. The number of ketones is 4. The van der Waals surface area contributed by atoms with Gasteiger partial charge < -0.3 is 25.2 Å². The molecule has 0 amide bonds. The molecule has 3 aliphatic rings. The van der Waals surface area contributed by atoms with Crippen LogP contribution in [0.4, 0.5) is 0 Å². The Morgan fingerprint density at radius 3 is 2.18 bits per heavy atom. The number of carbonyl (C=O) groups is 4. The fourth-order valence-corrected chi connectivity index (χ4v) is 8.33. The Bertz CT molecular complexity index is 1710. The van der Waals surface area contributed by atoms with E-state index in [4.69, 9.17) is 0 Å². The molecule has 232 valence electrons. The zero-order valence-electron chi connectivity index (χ0n) is 26.3. The fraction of sp³-hybridized carbons (Fsp3) is 0.444. The Morgan fingerprint density at radius 2 is 1.64 bits per heavy atom. The molecule has 44 heavy (non-hydrogen) atoms. The van der Waals surface area contributed by atoms with Gasteiger partial charge in [-0.05, 0) is 74.3 Å². The molecule has 8 nitrogen and oxygen atoms in total. The number of Topliss-reactive ketones (excluding diaryl/α,β-unsaturated/α-hetero) is 4. The molecule has 2 aromatic carbocycles. The van der Waals surface area contributed by atoms with E-state index in [0.717, 1.165) is 23.6 Å². The summed E-state index contributed by atoms with van der Waals surface area (Å²) in [5.41, 5.74) is -2.46. The van der Waals surface area contributed by atoms with Gasteiger partial charge in [-0.1, -0.05) is 57.5 Å². The van der Waals surface area contributed by atoms with Crippen molar-refractivity contribution in [3.8, 4) is 16.9 Å². The third-order valence-electron chi connectivity index (χ3n) is 10.2. The van der Waals surface area contributed by atoms with Crippen molar-refractivity contribution in [2.45, 2.75) is 79.8 Å². The molecule has 1 unspecified atom stereocenters. The van der Waals surface area contributed by atoms with Gasteiger partial charge in [0, 0.05) is 28.7 Å². The van der Waals surface area contributed by atoms with Crippen LogP contribution in [0.1, 0.15) is 76.6 Å². The van der Waals surface area contributed by atoms with Crippen LogP contribution in [-0.2, 0) is 32.0 Å². The number of hydrogen-bond donors (Lipinski definition) is 4. The van der Waals surface area contributed by atoms with Crippen LogP contribution in [0.3, 0.4) is 0 Å². The molecule has 2 aromatic rings. The number of phenols is 1. The van der Waals surface area contributed by atoms with Crippen molar-refractivity contribution in [2.75, 3.05) is 0 Å². The summed E-state index contributed by atoms with van der Waals surface area (Å²) in [5, 5.41) is 47.1. The number of fused-ring (bicyclic) bond motifs is 3. The van der Waals surface area contributed by atoms with Crippen molar-refractivity contribution in [1.82, 2.24) is 0 Å². The highest BCUT2D eigenvalue weighted by Gasteiger charge is 2.72. The highest BCUT2D eigenvalue weighted by atomic mass is 16.3. The number of benzene rings is 2. The quantitative estimate of drug-likeness (QED) is 0.309. The Morgan fingerprint density at radius 1 is 1.02 bits per heavy atom. The molecule has 1 fully saturated rings. The summed E-state index contributed by atoms with van der Waals surface area (Å²) in [7, 11) is 0. The molecular weight excluding hydrogens is 560 g/mol. The summed E-state index contributed by atoms with van der Waals surface area (Å²) < 4.78 is 0. The molecule has 1 saturated carbocycles. The molecule has 5 rings (SSSR count). The third-order valence-corrected chi connectivity index (χ3v) is 10.2. The van der Waals surface area contributed by atoms with E-state index in [0.29, 0.717) is 11.1 Å². The van der Waals surface area contributed by atoms with E-state index in [1.807, 2.05) is 37.3 Å². The van der Waals surface area contributed by atoms with E-state index in [1.54, 1.807) is 27.7 Å². The highest BCUT2D eigenvalue weighted by molar-refractivity contribution is 6.24. The number of carbonyl (C=O) groups excluding carboxylic acids is 4. The summed E-state index contributed by atoms with van der Waals surface area (Å²) >= 11 is 0. The van der Waals surface area contributed by atoms with Gasteiger partial charge in [0.2, 0.25) is 5.78 Å². The Balaban J connectivity index is 1.84. The van der Waals surface area contributed by atoms with Crippen LogP contribution in [0, 0.1) is 29.6 Å².